The van der Waals surface area contributed by atoms with Crippen molar-refractivity contribution in [3.8, 4) is 33.4 Å². The summed E-state index contributed by atoms with van der Waals surface area (Å²) in [5.41, 5.74) is 12.4. The molecule has 0 fully saturated rings. The van der Waals surface area contributed by atoms with E-state index >= 15 is 0 Å². The molecule has 11 aromatic carbocycles. The smallest absolute Gasteiger partial charge is 0.0622 e. The Morgan fingerprint density at radius 3 is 1.44 bits per heavy atom. The summed E-state index contributed by atoms with van der Waals surface area (Å²) in [6.07, 6.45) is 0. The Balaban J connectivity index is 1.13. The molecule has 0 heteroatoms. The van der Waals surface area contributed by atoms with Gasteiger partial charge in [-0.3, -0.25) is 0 Å². The molecule has 0 heterocycles. The molecule has 0 radical (unpaired) electrons. The van der Waals surface area contributed by atoms with Crippen LogP contribution in [0, 0.1) is 0 Å². The first kappa shape index (κ1) is 30.4. The highest BCUT2D eigenvalue weighted by molar-refractivity contribution is 6.27. The van der Waals surface area contributed by atoms with Gasteiger partial charge in [0.05, 0.1) is 5.41 Å². The lowest BCUT2D eigenvalue weighted by Gasteiger charge is -2.34. The summed E-state index contributed by atoms with van der Waals surface area (Å²) in [7, 11) is 0. The molecule has 0 amide bonds. The normalized spacial score (nSPS) is 13.2. The molecule has 12 rings (SSSR count). The van der Waals surface area contributed by atoms with Crippen LogP contribution in [0.2, 0.25) is 0 Å². The molecule has 0 saturated heterocycles. The van der Waals surface area contributed by atoms with Gasteiger partial charge >= 0.3 is 0 Å². The van der Waals surface area contributed by atoms with Gasteiger partial charge in [-0.05, 0) is 122 Å². The summed E-state index contributed by atoms with van der Waals surface area (Å²) < 4.78 is 0. The first-order valence-electron chi connectivity index (χ1n) is 19.3. The van der Waals surface area contributed by atoms with E-state index in [-0.39, 0.29) is 0 Å². The second kappa shape index (κ2) is 11.5. The standard InChI is InChI=1S/C55H34/c1-3-14-42(15-4-1)55(43-16-5-2-6-17-43)50-32-26-36-12-9-10-18-46(36)54(50)49-31-25-41(34-51(49)55)45-28-22-38-23-29-47-44(27-21-37-24-30-48(45)53(38)52(37)47)40-20-19-35-11-7-8-13-39(35)33-40/h1-34H. The van der Waals surface area contributed by atoms with E-state index in [4.69, 9.17) is 0 Å². The molecule has 0 unspecified atom stereocenters. The fourth-order valence-corrected chi connectivity index (χ4v) is 10.1. The lowest BCUT2D eigenvalue weighted by atomic mass is 9.67. The molecule has 0 nitrogen and oxygen atoms in total. The summed E-state index contributed by atoms with van der Waals surface area (Å²) in [6, 6.07) is 77.3. The molecule has 0 aromatic heterocycles. The zero-order chi connectivity index (χ0) is 36.1. The molecule has 1 aliphatic rings. The molecular weight excluding hydrogens is 661 g/mol. The number of rotatable bonds is 4. The van der Waals surface area contributed by atoms with E-state index in [9.17, 15) is 0 Å². The molecular formula is C55H34. The zero-order valence-corrected chi connectivity index (χ0v) is 30.1. The predicted octanol–water partition coefficient (Wildman–Crippen LogP) is 14.6. The predicted molar refractivity (Wildman–Crippen MR) is 233 cm³/mol. The maximum Gasteiger partial charge on any atom is 0.0714 e. The molecule has 0 atom stereocenters. The van der Waals surface area contributed by atoms with Crippen molar-refractivity contribution in [2.24, 2.45) is 0 Å². The van der Waals surface area contributed by atoms with Gasteiger partial charge in [-0.25, -0.2) is 0 Å². The Morgan fingerprint density at radius 2 is 0.764 bits per heavy atom. The van der Waals surface area contributed by atoms with Crippen LogP contribution in [0.3, 0.4) is 0 Å². The molecule has 11 aromatic rings. The maximum absolute atomic E-state index is 2.51. The van der Waals surface area contributed by atoms with Crippen LogP contribution < -0.4 is 0 Å². The summed E-state index contributed by atoms with van der Waals surface area (Å²) in [5, 5.41) is 12.9. The fraction of sp³-hybridized carbons (Fsp3) is 0.0182. The SMILES string of the molecule is c1ccc(C2(c3ccccc3)c3cc(-c4ccc5ccc6c(-c7ccc8ccccc8c7)ccc7ccc4c5c76)ccc3-c3c2ccc2ccccc32)cc1. The van der Waals surface area contributed by atoms with Crippen LogP contribution >= 0.6 is 0 Å². The van der Waals surface area contributed by atoms with Gasteiger partial charge in [0.25, 0.3) is 0 Å². The van der Waals surface area contributed by atoms with Gasteiger partial charge in [0.15, 0.2) is 0 Å². The lowest BCUT2D eigenvalue weighted by Crippen LogP contribution is -2.28. The van der Waals surface area contributed by atoms with Crippen LogP contribution in [0.5, 0.6) is 0 Å². The Labute approximate surface area is 319 Å². The Kier molecular flexibility index (Phi) is 6.36. The van der Waals surface area contributed by atoms with Crippen molar-refractivity contribution in [2.45, 2.75) is 5.41 Å². The van der Waals surface area contributed by atoms with Gasteiger partial charge in [0, 0.05) is 0 Å². The minimum absolute atomic E-state index is 0.480. The molecule has 0 N–H and O–H groups in total. The van der Waals surface area contributed by atoms with Gasteiger partial charge < -0.3 is 0 Å². The fourth-order valence-electron chi connectivity index (χ4n) is 10.1. The van der Waals surface area contributed by atoms with Crippen molar-refractivity contribution >= 4 is 53.9 Å². The first-order chi connectivity index (χ1) is 27.3. The molecule has 254 valence electrons. The average molecular weight is 695 g/mol. The number of hydrogen-bond donors (Lipinski definition) is 0. The van der Waals surface area contributed by atoms with E-state index in [0.29, 0.717) is 0 Å². The highest BCUT2D eigenvalue weighted by atomic mass is 14.5. The quantitative estimate of drug-likeness (QED) is 0.161. The summed E-state index contributed by atoms with van der Waals surface area (Å²) in [4.78, 5) is 0. The van der Waals surface area contributed by atoms with E-state index in [1.165, 1.54) is 109 Å². The van der Waals surface area contributed by atoms with Crippen molar-refractivity contribution in [3.05, 3.63) is 229 Å². The van der Waals surface area contributed by atoms with E-state index in [1.807, 2.05) is 0 Å². The topological polar surface area (TPSA) is 0 Å². The maximum atomic E-state index is 2.51. The van der Waals surface area contributed by atoms with Crippen molar-refractivity contribution < 1.29 is 0 Å². The van der Waals surface area contributed by atoms with Crippen molar-refractivity contribution in [3.63, 3.8) is 0 Å². The third kappa shape index (κ3) is 4.23. The minimum atomic E-state index is -0.480. The van der Waals surface area contributed by atoms with Crippen LogP contribution in [0.15, 0.2) is 206 Å². The van der Waals surface area contributed by atoms with Gasteiger partial charge in [0.2, 0.25) is 0 Å². The van der Waals surface area contributed by atoms with E-state index in [0.717, 1.165) is 0 Å². The van der Waals surface area contributed by atoms with E-state index in [1.54, 1.807) is 0 Å². The summed E-state index contributed by atoms with van der Waals surface area (Å²) >= 11 is 0. The van der Waals surface area contributed by atoms with E-state index in [2.05, 4.69) is 206 Å². The number of benzene rings is 11. The number of fused-ring (bicyclic) bond motifs is 6. The third-order valence-corrected chi connectivity index (χ3v) is 12.5. The van der Waals surface area contributed by atoms with Crippen LogP contribution in [0.25, 0.3) is 87.2 Å². The van der Waals surface area contributed by atoms with Crippen LogP contribution in [0.4, 0.5) is 0 Å². The Morgan fingerprint density at radius 1 is 0.273 bits per heavy atom. The third-order valence-electron chi connectivity index (χ3n) is 12.5. The summed E-state index contributed by atoms with van der Waals surface area (Å²) in [5.74, 6) is 0. The van der Waals surface area contributed by atoms with Crippen LogP contribution in [-0.4, -0.2) is 0 Å². The monoisotopic (exact) mass is 694 g/mol. The summed E-state index contributed by atoms with van der Waals surface area (Å²) in [6.45, 7) is 0. The highest BCUT2D eigenvalue weighted by Gasteiger charge is 2.46. The van der Waals surface area contributed by atoms with Gasteiger partial charge in [-0.15, -0.1) is 0 Å². The molecule has 0 saturated carbocycles. The average Bonchev–Trinajstić information content (AvgIpc) is 3.56. The van der Waals surface area contributed by atoms with Crippen molar-refractivity contribution in [1.29, 1.82) is 0 Å². The Bertz CT molecular complexity index is 3260. The second-order valence-electron chi connectivity index (χ2n) is 15.2. The second-order valence-corrected chi connectivity index (χ2v) is 15.2. The van der Waals surface area contributed by atoms with Gasteiger partial charge in [0.1, 0.15) is 0 Å². The molecule has 1 aliphatic carbocycles. The van der Waals surface area contributed by atoms with Crippen LogP contribution in [-0.2, 0) is 5.41 Å². The van der Waals surface area contributed by atoms with Gasteiger partial charge in [-0.1, -0.05) is 194 Å². The highest BCUT2D eigenvalue weighted by Crippen LogP contribution is 2.58. The molecule has 0 bridgehead atoms. The molecule has 0 spiro atoms. The zero-order valence-electron chi connectivity index (χ0n) is 30.1. The Hall–Kier alpha value is -7.02. The van der Waals surface area contributed by atoms with Gasteiger partial charge in [-0.2, -0.15) is 0 Å². The van der Waals surface area contributed by atoms with E-state index < -0.39 is 5.41 Å². The lowest BCUT2D eigenvalue weighted by molar-refractivity contribution is 0.769. The van der Waals surface area contributed by atoms with Crippen LogP contribution in [0.1, 0.15) is 22.3 Å². The largest absolute Gasteiger partial charge is 0.0714 e. The minimum Gasteiger partial charge on any atom is -0.0622 e. The first-order valence-corrected chi connectivity index (χ1v) is 19.3. The molecule has 55 heavy (non-hydrogen) atoms. The van der Waals surface area contributed by atoms with Crippen molar-refractivity contribution in [1.82, 2.24) is 0 Å². The molecule has 0 aliphatic heterocycles. The number of hydrogen-bond acceptors (Lipinski definition) is 0. The van der Waals surface area contributed by atoms with Crippen molar-refractivity contribution in [2.75, 3.05) is 0 Å².